The molecule has 0 bridgehead atoms. The first-order valence-corrected chi connectivity index (χ1v) is 9.06. The fourth-order valence-corrected chi connectivity index (χ4v) is 2.90. The van der Waals surface area contributed by atoms with E-state index in [-0.39, 0.29) is 11.4 Å². The highest BCUT2D eigenvalue weighted by atomic mass is 127. The molecule has 4 amide bonds. The van der Waals surface area contributed by atoms with Gasteiger partial charge in [-0.25, -0.2) is 14.1 Å². The van der Waals surface area contributed by atoms with E-state index < -0.39 is 30.2 Å². The van der Waals surface area contributed by atoms with Crippen LogP contribution < -0.4 is 10.6 Å². The van der Waals surface area contributed by atoms with Crippen molar-refractivity contribution in [1.29, 1.82) is 0 Å². The van der Waals surface area contributed by atoms with E-state index in [1.54, 1.807) is 12.1 Å². The number of nitrogens with zero attached hydrogens (tertiary/aromatic N) is 1. The SMILES string of the molecule is O=C(CN1C(=O)N/C(=C/c2cc(Br)c(I)o2)C1=O)Nc1ccccc1F. The number of amides is 4. The number of nitrogens with one attached hydrogen (secondary N) is 2. The number of para-hydroxylation sites is 1. The van der Waals surface area contributed by atoms with E-state index in [9.17, 15) is 18.8 Å². The number of hydrogen-bond donors (Lipinski definition) is 2. The number of benzene rings is 1. The fraction of sp³-hybridized carbons (Fsp3) is 0.0625. The zero-order chi connectivity index (χ0) is 18.8. The predicted octanol–water partition coefficient (Wildman–Crippen LogP) is 3.32. The van der Waals surface area contributed by atoms with E-state index in [4.69, 9.17) is 4.42 Å². The smallest absolute Gasteiger partial charge is 0.329 e. The van der Waals surface area contributed by atoms with Crippen LogP contribution in [0.3, 0.4) is 0 Å². The first-order valence-electron chi connectivity index (χ1n) is 7.19. The first-order chi connectivity index (χ1) is 12.3. The molecular formula is C16H10BrFIN3O4. The van der Waals surface area contributed by atoms with Crippen LogP contribution >= 0.6 is 38.5 Å². The van der Waals surface area contributed by atoms with Crippen molar-refractivity contribution >= 4 is 68.1 Å². The number of furan rings is 1. The Balaban J connectivity index is 1.71. The molecule has 7 nitrogen and oxygen atoms in total. The van der Waals surface area contributed by atoms with Crippen molar-refractivity contribution in [2.24, 2.45) is 0 Å². The van der Waals surface area contributed by atoms with Gasteiger partial charge in [0.25, 0.3) is 5.91 Å². The number of urea groups is 1. The normalized spacial score (nSPS) is 15.5. The number of rotatable bonds is 4. The van der Waals surface area contributed by atoms with Crippen LogP contribution in [0.25, 0.3) is 6.08 Å². The summed E-state index contributed by atoms with van der Waals surface area (Å²) < 4.78 is 20.2. The van der Waals surface area contributed by atoms with Gasteiger partial charge in [-0.1, -0.05) is 12.1 Å². The molecule has 2 heterocycles. The van der Waals surface area contributed by atoms with Gasteiger partial charge in [0.1, 0.15) is 23.8 Å². The first kappa shape index (κ1) is 18.6. The van der Waals surface area contributed by atoms with Gasteiger partial charge in [-0.3, -0.25) is 9.59 Å². The maximum atomic E-state index is 13.6. The quantitative estimate of drug-likeness (QED) is 0.358. The topological polar surface area (TPSA) is 91.7 Å². The van der Waals surface area contributed by atoms with Crippen molar-refractivity contribution in [2.45, 2.75) is 0 Å². The summed E-state index contributed by atoms with van der Waals surface area (Å²) in [6.07, 6.45) is 1.36. The number of anilines is 1. The van der Waals surface area contributed by atoms with E-state index >= 15 is 0 Å². The number of halogens is 3. The summed E-state index contributed by atoms with van der Waals surface area (Å²) in [6.45, 7) is -0.546. The van der Waals surface area contributed by atoms with Crippen LogP contribution in [-0.2, 0) is 9.59 Å². The molecule has 1 saturated heterocycles. The summed E-state index contributed by atoms with van der Waals surface area (Å²) in [5.74, 6) is -1.63. The van der Waals surface area contributed by atoms with Crippen LogP contribution in [-0.4, -0.2) is 29.3 Å². The Morgan fingerprint density at radius 3 is 2.77 bits per heavy atom. The zero-order valence-corrected chi connectivity index (χ0v) is 16.6. The standard InChI is InChI=1S/C16H10BrFIN3O4/c17-9-5-8(26-14(9)19)6-12-15(24)22(16(25)21-12)7-13(23)20-11-4-2-1-3-10(11)18/h1-6H,7H2,(H,20,23)(H,21,25)/b12-6+. The second-order valence-corrected chi connectivity index (χ2v) is 7.01. The largest absolute Gasteiger partial charge is 0.450 e. The van der Waals surface area contributed by atoms with Gasteiger partial charge in [-0.05, 0) is 34.1 Å². The number of carbonyl (C=O) groups is 3. The molecule has 0 radical (unpaired) electrons. The van der Waals surface area contributed by atoms with Gasteiger partial charge < -0.3 is 15.1 Å². The lowest BCUT2D eigenvalue weighted by atomic mass is 10.3. The molecule has 2 N–H and O–H groups in total. The maximum absolute atomic E-state index is 13.6. The predicted molar refractivity (Wildman–Crippen MR) is 102 cm³/mol. The van der Waals surface area contributed by atoms with Crippen molar-refractivity contribution in [3.63, 3.8) is 0 Å². The van der Waals surface area contributed by atoms with Gasteiger partial charge in [0.05, 0.1) is 10.2 Å². The minimum atomic E-state index is -0.745. The third kappa shape index (κ3) is 3.96. The molecule has 3 rings (SSSR count). The van der Waals surface area contributed by atoms with Crippen molar-refractivity contribution < 1.29 is 23.2 Å². The number of carbonyl (C=O) groups excluding carboxylic acids is 3. The summed E-state index contributed by atoms with van der Waals surface area (Å²) in [6, 6.07) is 6.49. The summed E-state index contributed by atoms with van der Waals surface area (Å²) in [4.78, 5) is 37.1. The summed E-state index contributed by atoms with van der Waals surface area (Å²) >= 11 is 5.24. The molecule has 10 heteroatoms. The molecule has 0 saturated carbocycles. The molecule has 134 valence electrons. The second kappa shape index (κ2) is 7.58. The monoisotopic (exact) mass is 533 g/mol. The van der Waals surface area contributed by atoms with Crippen molar-refractivity contribution in [1.82, 2.24) is 10.2 Å². The molecule has 1 aromatic heterocycles. The third-order valence-electron chi connectivity index (χ3n) is 3.36. The van der Waals surface area contributed by atoms with E-state index in [0.717, 1.165) is 4.90 Å². The van der Waals surface area contributed by atoms with Crippen LogP contribution in [0.1, 0.15) is 5.76 Å². The lowest BCUT2D eigenvalue weighted by Crippen LogP contribution is -2.38. The molecule has 2 aromatic rings. The molecular weight excluding hydrogens is 524 g/mol. The van der Waals surface area contributed by atoms with Crippen LogP contribution in [0.2, 0.25) is 0 Å². The molecule has 0 atom stereocenters. The average Bonchev–Trinajstić information content (AvgIpc) is 3.03. The molecule has 26 heavy (non-hydrogen) atoms. The van der Waals surface area contributed by atoms with E-state index in [0.29, 0.717) is 14.0 Å². The zero-order valence-electron chi connectivity index (χ0n) is 12.9. The maximum Gasteiger partial charge on any atom is 0.329 e. The van der Waals surface area contributed by atoms with Gasteiger partial charge in [0, 0.05) is 28.7 Å². The molecule has 0 aliphatic carbocycles. The van der Waals surface area contributed by atoms with Crippen LogP contribution in [0.4, 0.5) is 14.9 Å². The number of hydrogen-bond acceptors (Lipinski definition) is 4. The molecule has 1 fully saturated rings. The van der Waals surface area contributed by atoms with Gasteiger partial charge in [0.15, 0.2) is 3.77 Å². The van der Waals surface area contributed by atoms with E-state index in [1.165, 1.54) is 24.3 Å². The minimum Gasteiger partial charge on any atom is -0.450 e. The average molecular weight is 534 g/mol. The van der Waals surface area contributed by atoms with E-state index in [2.05, 4.69) is 26.6 Å². The molecule has 0 unspecified atom stereocenters. The highest BCUT2D eigenvalue weighted by Gasteiger charge is 2.35. The van der Waals surface area contributed by atoms with Gasteiger partial charge in [-0.2, -0.15) is 0 Å². The lowest BCUT2D eigenvalue weighted by molar-refractivity contribution is -0.127. The molecule has 1 aliphatic rings. The Labute approximate surface area is 168 Å². The van der Waals surface area contributed by atoms with Gasteiger partial charge >= 0.3 is 6.03 Å². The molecule has 0 spiro atoms. The fourth-order valence-electron chi connectivity index (χ4n) is 2.19. The summed E-state index contributed by atoms with van der Waals surface area (Å²) in [5.41, 5.74) is -0.0540. The van der Waals surface area contributed by atoms with Crippen LogP contribution in [0.15, 0.2) is 44.9 Å². The minimum absolute atomic E-state index is 0.0219. The Morgan fingerprint density at radius 2 is 2.12 bits per heavy atom. The van der Waals surface area contributed by atoms with Gasteiger partial charge in [-0.15, -0.1) is 0 Å². The lowest BCUT2D eigenvalue weighted by Gasteiger charge is -2.12. The Hall–Kier alpha value is -2.21. The van der Waals surface area contributed by atoms with Gasteiger partial charge in [0.2, 0.25) is 5.91 Å². The second-order valence-electron chi connectivity index (χ2n) is 5.18. The summed E-state index contributed by atoms with van der Waals surface area (Å²) in [7, 11) is 0. The summed E-state index contributed by atoms with van der Waals surface area (Å²) in [5, 5.41) is 4.70. The van der Waals surface area contributed by atoms with E-state index in [1.807, 2.05) is 22.6 Å². The van der Waals surface area contributed by atoms with Crippen LogP contribution in [0.5, 0.6) is 0 Å². The highest BCUT2D eigenvalue weighted by molar-refractivity contribution is 14.1. The van der Waals surface area contributed by atoms with Crippen molar-refractivity contribution in [3.8, 4) is 0 Å². The molecule has 1 aromatic carbocycles. The van der Waals surface area contributed by atoms with Crippen molar-refractivity contribution in [3.05, 3.63) is 55.8 Å². The van der Waals surface area contributed by atoms with Crippen LogP contribution in [0, 0.1) is 9.58 Å². The Kier molecular flexibility index (Phi) is 5.41. The number of imide groups is 1. The molecule has 1 aliphatic heterocycles. The Bertz CT molecular complexity index is 924. The third-order valence-corrected chi connectivity index (χ3v) is 5.49. The highest BCUT2D eigenvalue weighted by Crippen LogP contribution is 2.25. The van der Waals surface area contributed by atoms with Crippen molar-refractivity contribution in [2.75, 3.05) is 11.9 Å². The Morgan fingerprint density at radius 1 is 1.38 bits per heavy atom.